The van der Waals surface area contributed by atoms with Crippen LogP contribution >= 0.6 is 23.1 Å². The van der Waals surface area contributed by atoms with E-state index in [1.54, 1.807) is 44.7 Å². The number of aryl methyl sites for hydroxylation is 1. The second-order valence-corrected chi connectivity index (χ2v) is 12.0. The molecule has 0 aliphatic rings. The lowest BCUT2D eigenvalue weighted by atomic mass is 10.2. The van der Waals surface area contributed by atoms with Gasteiger partial charge >= 0.3 is 5.97 Å². The highest BCUT2D eigenvalue weighted by Crippen LogP contribution is 2.21. The molecule has 0 aliphatic heterocycles. The van der Waals surface area contributed by atoms with Gasteiger partial charge in [-0.15, -0.1) is 0 Å². The van der Waals surface area contributed by atoms with E-state index in [4.69, 9.17) is 4.74 Å². The van der Waals surface area contributed by atoms with E-state index in [0.29, 0.717) is 16.9 Å². The first-order valence-corrected chi connectivity index (χ1v) is 14.7. The standard InChI is InChI=1S/C24H29N3O5S3/c1-6-32-23(29)18-9-12-20-21(15-18)34-24(27(20)13-14-33-5)25-22(28)17-7-10-19(11-8-17)35(30,31)26(4)16(2)3/h7-12,15-16H,6,13-14H2,1-5H3. The zero-order valence-electron chi connectivity index (χ0n) is 20.3. The average molecular weight is 536 g/mol. The van der Waals surface area contributed by atoms with Crippen LogP contribution in [0, 0.1) is 0 Å². The van der Waals surface area contributed by atoms with Crippen molar-refractivity contribution in [1.29, 1.82) is 0 Å². The maximum atomic E-state index is 13.0. The quantitative estimate of drug-likeness (QED) is 0.384. The Morgan fingerprint density at radius 2 is 1.80 bits per heavy atom. The summed E-state index contributed by atoms with van der Waals surface area (Å²) < 4.78 is 34.5. The highest BCUT2D eigenvalue weighted by molar-refractivity contribution is 7.98. The Morgan fingerprint density at radius 1 is 1.14 bits per heavy atom. The molecule has 0 saturated carbocycles. The van der Waals surface area contributed by atoms with Crippen LogP contribution in [0.1, 0.15) is 41.5 Å². The fourth-order valence-electron chi connectivity index (χ4n) is 3.26. The molecule has 3 aromatic rings. The van der Waals surface area contributed by atoms with Crippen LogP contribution in [-0.4, -0.2) is 60.9 Å². The van der Waals surface area contributed by atoms with E-state index in [1.165, 1.54) is 47.0 Å². The lowest BCUT2D eigenvalue weighted by Gasteiger charge is -2.20. The van der Waals surface area contributed by atoms with Gasteiger partial charge in [0.2, 0.25) is 10.0 Å². The molecule has 0 atom stereocenters. The van der Waals surface area contributed by atoms with Crippen molar-refractivity contribution in [1.82, 2.24) is 8.87 Å². The molecule has 1 amide bonds. The van der Waals surface area contributed by atoms with Gasteiger partial charge in [-0.2, -0.15) is 21.1 Å². The molecule has 0 bridgehead atoms. The number of esters is 1. The molecule has 0 saturated heterocycles. The van der Waals surface area contributed by atoms with Crippen LogP contribution in [0.2, 0.25) is 0 Å². The van der Waals surface area contributed by atoms with Crippen molar-refractivity contribution in [2.24, 2.45) is 4.99 Å². The van der Waals surface area contributed by atoms with Gasteiger partial charge in [-0.25, -0.2) is 13.2 Å². The zero-order chi connectivity index (χ0) is 25.8. The second-order valence-electron chi connectivity index (χ2n) is 7.99. The Balaban J connectivity index is 2.00. The van der Waals surface area contributed by atoms with Gasteiger partial charge in [0, 0.05) is 31.0 Å². The number of hydrogen-bond donors (Lipinski definition) is 0. The van der Waals surface area contributed by atoms with Crippen molar-refractivity contribution in [3.05, 3.63) is 58.4 Å². The molecule has 11 heteroatoms. The Hall–Kier alpha value is -2.47. The number of rotatable bonds is 9. The van der Waals surface area contributed by atoms with Gasteiger partial charge in [-0.05, 0) is 69.5 Å². The van der Waals surface area contributed by atoms with Gasteiger partial charge in [0.05, 0.1) is 27.3 Å². The molecule has 3 rings (SSSR count). The summed E-state index contributed by atoms with van der Waals surface area (Å²) in [4.78, 5) is 30.1. The van der Waals surface area contributed by atoms with Crippen molar-refractivity contribution >= 4 is 55.2 Å². The van der Waals surface area contributed by atoms with Crippen molar-refractivity contribution < 1.29 is 22.7 Å². The molecule has 1 heterocycles. The minimum absolute atomic E-state index is 0.119. The third-order valence-electron chi connectivity index (χ3n) is 5.42. The number of carbonyl (C=O) groups is 2. The van der Waals surface area contributed by atoms with Crippen molar-refractivity contribution in [2.75, 3.05) is 25.7 Å². The van der Waals surface area contributed by atoms with Gasteiger partial charge < -0.3 is 9.30 Å². The summed E-state index contributed by atoms with van der Waals surface area (Å²) >= 11 is 2.99. The van der Waals surface area contributed by atoms with Crippen LogP contribution in [0.25, 0.3) is 10.2 Å². The molecule has 0 spiro atoms. The zero-order valence-corrected chi connectivity index (χ0v) is 22.8. The Bertz CT molecular complexity index is 1390. The smallest absolute Gasteiger partial charge is 0.338 e. The third-order valence-corrected chi connectivity index (χ3v) is 9.10. The van der Waals surface area contributed by atoms with Gasteiger partial charge in [0.15, 0.2) is 4.80 Å². The molecule has 0 fully saturated rings. The monoisotopic (exact) mass is 535 g/mol. The number of fused-ring (bicyclic) bond motifs is 1. The number of sulfonamides is 1. The number of ether oxygens (including phenoxy) is 1. The molecule has 8 nitrogen and oxygen atoms in total. The number of carbonyl (C=O) groups excluding carboxylic acids is 2. The summed E-state index contributed by atoms with van der Waals surface area (Å²) in [5.41, 5.74) is 1.61. The number of thioether (sulfide) groups is 1. The van der Waals surface area contributed by atoms with Crippen LogP contribution < -0.4 is 4.80 Å². The van der Waals surface area contributed by atoms with Crippen LogP contribution in [0.15, 0.2) is 52.4 Å². The molecule has 0 unspecified atom stereocenters. The molecule has 1 aromatic heterocycles. The average Bonchev–Trinajstić information content (AvgIpc) is 3.18. The van der Waals surface area contributed by atoms with E-state index < -0.39 is 21.9 Å². The fourth-order valence-corrected chi connectivity index (χ4v) is 6.09. The van der Waals surface area contributed by atoms with Gasteiger partial charge in [-0.3, -0.25) is 4.79 Å². The summed E-state index contributed by atoms with van der Waals surface area (Å²) in [6.07, 6.45) is 2.00. The highest BCUT2D eigenvalue weighted by atomic mass is 32.2. The molecule has 0 radical (unpaired) electrons. The second kappa shape index (κ2) is 11.5. The van der Waals surface area contributed by atoms with E-state index in [-0.39, 0.29) is 23.1 Å². The van der Waals surface area contributed by atoms with Crippen LogP contribution in [0.3, 0.4) is 0 Å². The summed E-state index contributed by atoms with van der Waals surface area (Å²) in [6.45, 7) is 6.27. The lowest BCUT2D eigenvalue weighted by Crippen LogP contribution is -2.33. The van der Waals surface area contributed by atoms with Crippen LogP contribution in [-0.2, 0) is 21.3 Å². The van der Waals surface area contributed by atoms with Crippen molar-refractivity contribution in [3.63, 3.8) is 0 Å². The summed E-state index contributed by atoms with van der Waals surface area (Å²) in [5.74, 6) is -0.0459. The van der Waals surface area contributed by atoms with E-state index >= 15 is 0 Å². The van der Waals surface area contributed by atoms with Crippen molar-refractivity contribution in [2.45, 2.75) is 38.3 Å². The Kier molecular flexibility index (Phi) is 8.92. The first-order valence-electron chi connectivity index (χ1n) is 11.1. The van der Waals surface area contributed by atoms with Crippen LogP contribution in [0.5, 0.6) is 0 Å². The first kappa shape index (κ1) is 27.1. The van der Waals surface area contributed by atoms with Gasteiger partial charge in [-0.1, -0.05) is 11.3 Å². The maximum Gasteiger partial charge on any atom is 0.338 e. The van der Waals surface area contributed by atoms with E-state index in [1.807, 2.05) is 16.9 Å². The summed E-state index contributed by atoms with van der Waals surface area (Å²) in [7, 11) is -2.12. The van der Waals surface area contributed by atoms with Crippen LogP contribution in [0.4, 0.5) is 0 Å². The number of benzene rings is 2. The minimum Gasteiger partial charge on any atom is -0.462 e. The SMILES string of the molecule is CCOC(=O)c1ccc2c(c1)sc(=NC(=O)c1ccc(S(=O)(=O)N(C)C(C)C)cc1)n2CCSC. The predicted octanol–water partition coefficient (Wildman–Crippen LogP) is 4.01. The molecule has 188 valence electrons. The minimum atomic E-state index is -3.64. The predicted molar refractivity (Wildman–Crippen MR) is 141 cm³/mol. The maximum absolute atomic E-state index is 13.0. The normalized spacial score (nSPS) is 12.6. The molecule has 2 aromatic carbocycles. The number of thiazole rings is 1. The number of amides is 1. The molecular weight excluding hydrogens is 506 g/mol. The highest BCUT2D eigenvalue weighted by Gasteiger charge is 2.23. The summed E-state index contributed by atoms with van der Waals surface area (Å²) in [5, 5.41) is 0. The van der Waals surface area contributed by atoms with Crippen molar-refractivity contribution in [3.8, 4) is 0 Å². The first-order chi connectivity index (χ1) is 16.6. The summed E-state index contributed by atoms with van der Waals surface area (Å²) in [6, 6.07) is 10.9. The lowest BCUT2D eigenvalue weighted by molar-refractivity contribution is 0.0526. The molecule has 0 N–H and O–H groups in total. The number of nitrogens with zero attached hydrogens (tertiary/aromatic N) is 3. The van der Waals surface area contributed by atoms with Gasteiger partial charge in [0.25, 0.3) is 5.91 Å². The van der Waals surface area contributed by atoms with E-state index in [9.17, 15) is 18.0 Å². The third kappa shape index (κ3) is 6.03. The van der Waals surface area contributed by atoms with E-state index in [2.05, 4.69) is 4.99 Å². The van der Waals surface area contributed by atoms with Gasteiger partial charge in [0.1, 0.15) is 0 Å². The fraction of sp³-hybridized carbons (Fsp3) is 0.375. The molecule has 35 heavy (non-hydrogen) atoms. The Labute approximate surface area is 213 Å². The number of aromatic nitrogens is 1. The molecular formula is C24H29N3O5S3. The van der Waals surface area contributed by atoms with E-state index in [0.717, 1.165) is 16.0 Å². The Morgan fingerprint density at radius 3 is 2.40 bits per heavy atom. The molecule has 0 aliphatic carbocycles. The topological polar surface area (TPSA) is 98.0 Å². The largest absolute Gasteiger partial charge is 0.462 e. The number of hydrogen-bond acceptors (Lipinski definition) is 7.